The van der Waals surface area contributed by atoms with Crippen LogP contribution in [-0.4, -0.2) is 63.8 Å². The Bertz CT molecular complexity index is 1040. The summed E-state index contributed by atoms with van der Waals surface area (Å²) >= 11 is 0. The lowest BCUT2D eigenvalue weighted by atomic mass is 10.1. The van der Waals surface area contributed by atoms with E-state index in [0.29, 0.717) is 6.54 Å². The molecule has 0 aromatic carbocycles. The van der Waals surface area contributed by atoms with Gasteiger partial charge in [-0.25, -0.2) is 17.9 Å². The van der Waals surface area contributed by atoms with Crippen molar-refractivity contribution in [3.05, 3.63) is 35.0 Å². The third-order valence-electron chi connectivity index (χ3n) is 5.24. The molecule has 32 heavy (non-hydrogen) atoms. The summed E-state index contributed by atoms with van der Waals surface area (Å²) < 4.78 is 66.0. The lowest BCUT2D eigenvalue weighted by molar-refractivity contribution is -0.192. The number of hydrogen-bond acceptors (Lipinski definition) is 7. The van der Waals surface area contributed by atoms with Crippen LogP contribution in [0.25, 0.3) is 0 Å². The van der Waals surface area contributed by atoms with Gasteiger partial charge in [0, 0.05) is 37.9 Å². The Labute approximate surface area is 182 Å². The molecular weight excluding hydrogens is 455 g/mol. The van der Waals surface area contributed by atoms with Gasteiger partial charge in [-0.15, -0.1) is 0 Å². The maximum absolute atomic E-state index is 12.1. The van der Waals surface area contributed by atoms with Crippen molar-refractivity contribution in [1.29, 1.82) is 0 Å². The fourth-order valence-corrected chi connectivity index (χ4v) is 4.81. The molecule has 3 heterocycles. The molecule has 10 nitrogen and oxygen atoms in total. The molecule has 2 aromatic heterocycles. The number of carbonyl (C=O) groups is 1. The predicted molar refractivity (Wildman–Crippen MR) is 105 cm³/mol. The molecule has 0 radical (unpaired) electrons. The normalized spacial score (nSPS) is 19.2. The number of rotatable bonds is 6. The molecule has 0 bridgehead atoms. The van der Waals surface area contributed by atoms with Crippen molar-refractivity contribution in [3.63, 3.8) is 0 Å². The number of alkyl halides is 3. The first-order valence-electron chi connectivity index (χ1n) is 9.83. The van der Waals surface area contributed by atoms with Crippen molar-refractivity contribution >= 4 is 16.0 Å². The zero-order valence-corrected chi connectivity index (χ0v) is 18.3. The van der Waals surface area contributed by atoms with Crippen molar-refractivity contribution in [2.45, 2.75) is 57.2 Å². The van der Waals surface area contributed by atoms with Crippen LogP contribution in [0.5, 0.6) is 0 Å². The predicted octanol–water partition coefficient (Wildman–Crippen LogP) is 1.76. The van der Waals surface area contributed by atoms with Crippen LogP contribution in [-0.2, 0) is 27.9 Å². The molecule has 0 saturated heterocycles. The Balaban J connectivity index is 0.000000360. The van der Waals surface area contributed by atoms with Crippen LogP contribution in [0.3, 0.4) is 0 Å². The van der Waals surface area contributed by atoms with Crippen molar-refractivity contribution in [2.75, 3.05) is 13.1 Å². The molecule has 2 aliphatic rings. The molecule has 2 aromatic rings. The molecule has 1 aliphatic carbocycles. The summed E-state index contributed by atoms with van der Waals surface area (Å²) in [5, 5.41) is 15.3. The van der Waals surface area contributed by atoms with Crippen LogP contribution in [0.4, 0.5) is 13.2 Å². The lowest BCUT2D eigenvalue weighted by Crippen LogP contribution is -2.43. The number of carboxylic acid groups (broad SMARTS) is 1. The van der Waals surface area contributed by atoms with Gasteiger partial charge in [-0.1, -0.05) is 5.16 Å². The van der Waals surface area contributed by atoms with E-state index in [1.165, 1.54) is 0 Å². The first-order valence-corrected chi connectivity index (χ1v) is 11.4. The van der Waals surface area contributed by atoms with E-state index >= 15 is 0 Å². The first-order chi connectivity index (χ1) is 14.9. The minimum atomic E-state index is -5.08. The van der Waals surface area contributed by atoms with Gasteiger partial charge < -0.3 is 9.63 Å². The average Bonchev–Trinajstić information content (AvgIpc) is 3.40. The van der Waals surface area contributed by atoms with Crippen LogP contribution >= 0.6 is 0 Å². The second kappa shape index (κ2) is 9.19. The quantitative estimate of drug-likeness (QED) is 0.641. The maximum Gasteiger partial charge on any atom is 0.490 e. The Kier molecular flexibility index (Phi) is 6.95. The van der Waals surface area contributed by atoms with Gasteiger partial charge in [0.1, 0.15) is 5.76 Å². The van der Waals surface area contributed by atoms with Gasteiger partial charge in [0.15, 0.2) is 0 Å². The largest absolute Gasteiger partial charge is 0.490 e. The van der Waals surface area contributed by atoms with Crippen LogP contribution < -0.4 is 4.72 Å². The number of aliphatic carboxylic acids is 1. The standard InChI is InChI=1S/C16H23N5O3S.C2HF3O2/c1-11-16(12(2)24-19-11)10-20-8-13-5-6-17-21(13)14(9-20)7-18-25(22,23)15-3-4-15;3-2(4,5)1(6)7/h5-6,14-15,18H,3-4,7-10H2,1-2H3;(H,6,7). The molecule has 178 valence electrons. The van der Waals surface area contributed by atoms with E-state index in [0.717, 1.165) is 55.2 Å². The third-order valence-corrected chi connectivity index (χ3v) is 7.16. The zero-order valence-electron chi connectivity index (χ0n) is 17.5. The SMILES string of the molecule is Cc1noc(C)c1CN1Cc2ccnn2C(CNS(=O)(=O)C2CC2)C1.O=C(O)C(F)(F)F. The van der Waals surface area contributed by atoms with E-state index < -0.39 is 22.2 Å². The molecular formula is C18H24F3N5O5S. The molecule has 1 fully saturated rings. The van der Waals surface area contributed by atoms with Crippen molar-refractivity contribution in [2.24, 2.45) is 0 Å². The first kappa shape index (κ1) is 24.2. The molecule has 4 rings (SSSR count). The molecule has 1 aliphatic heterocycles. The number of sulfonamides is 1. The van der Waals surface area contributed by atoms with Gasteiger partial charge in [-0.05, 0) is 32.8 Å². The third kappa shape index (κ3) is 5.86. The van der Waals surface area contributed by atoms with Crippen LogP contribution in [0.2, 0.25) is 0 Å². The van der Waals surface area contributed by atoms with Gasteiger partial charge in [-0.3, -0.25) is 9.58 Å². The van der Waals surface area contributed by atoms with Crippen molar-refractivity contribution < 1.29 is 36.0 Å². The van der Waals surface area contributed by atoms with Gasteiger partial charge in [0.2, 0.25) is 10.0 Å². The number of halogens is 3. The smallest absolute Gasteiger partial charge is 0.475 e. The summed E-state index contributed by atoms with van der Waals surface area (Å²) in [7, 11) is -3.19. The van der Waals surface area contributed by atoms with E-state index in [2.05, 4.69) is 19.9 Å². The summed E-state index contributed by atoms with van der Waals surface area (Å²) in [6.45, 7) is 6.47. The fraction of sp³-hybridized carbons (Fsp3) is 0.611. The Morgan fingerprint density at radius 3 is 2.53 bits per heavy atom. The van der Waals surface area contributed by atoms with E-state index in [9.17, 15) is 21.6 Å². The highest BCUT2D eigenvalue weighted by molar-refractivity contribution is 7.90. The summed E-state index contributed by atoms with van der Waals surface area (Å²) in [6, 6.07) is 1.97. The summed E-state index contributed by atoms with van der Waals surface area (Å²) in [6.07, 6.45) is -1.77. The average molecular weight is 479 g/mol. The monoisotopic (exact) mass is 479 g/mol. The van der Waals surface area contributed by atoms with Crippen LogP contribution in [0.1, 0.15) is 41.6 Å². The summed E-state index contributed by atoms with van der Waals surface area (Å²) in [5.41, 5.74) is 3.10. The highest BCUT2D eigenvalue weighted by Gasteiger charge is 2.38. The van der Waals surface area contributed by atoms with Gasteiger partial charge >= 0.3 is 12.1 Å². The molecule has 1 saturated carbocycles. The number of nitrogens with one attached hydrogen (secondary N) is 1. The number of hydrogen-bond donors (Lipinski definition) is 2. The van der Waals surface area contributed by atoms with Gasteiger partial charge in [0.05, 0.1) is 22.7 Å². The molecule has 1 unspecified atom stereocenters. The second-order valence-corrected chi connectivity index (χ2v) is 9.83. The Morgan fingerprint density at radius 2 is 2.00 bits per heavy atom. The molecule has 1 atom stereocenters. The highest BCUT2D eigenvalue weighted by Crippen LogP contribution is 2.28. The second-order valence-electron chi connectivity index (χ2n) is 7.79. The van der Waals surface area contributed by atoms with Crippen molar-refractivity contribution in [1.82, 2.24) is 24.6 Å². The van der Waals surface area contributed by atoms with E-state index in [4.69, 9.17) is 14.4 Å². The number of nitrogens with zero attached hydrogens (tertiary/aromatic N) is 4. The zero-order chi connectivity index (χ0) is 23.7. The lowest BCUT2D eigenvalue weighted by Gasteiger charge is -2.34. The van der Waals surface area contributed by atoms with Gasteiger partial charge in [-0.2, -0.15) is 18.3 Å². The number of aryl methyl sites for hydroxylation is 2. The number of carboxylic acids is 1. The fourth-order valence-electron chi connectivity index (χ4n) is 3.40. The van der Waals surface area contributed by atoms with Crippen molar-refractivity contribution in [3.8, 4) is 0 Å². The minimum Gasteiger partial charge on any atom is -0.475 e. The van der Waals surface area contributed by atoms with Crippen LogP contribution in [0, 0.1) is 13.8 Å². The number of aromatic nitrogens is 3. The Hall–Kier alpha value is -2.45. The maximum atomic E-state index is 12.1. The minimum absolute atomic E-state index is 0.0206. The van der Waals surface area contributed by atoms with E-state index in [1.807, 2.05) is 24.6 Å². The molecule has 14 heteroatoms. The summed E-state index contributed by atoms with van der Waals surface area (Å²) in [4.78, 5) is 11.2. The topological polar surface area (TPSA) is 131 Å². The molecule has 2 N–H and O–H groups in total. The van der Waals surface area contributed by atoms with Crippen LogP contribution in [0.15, 0.2) is 16.8 Å². The number of fused-ring (bicyclic) bond motifs is 1. The Morgan fingerprint density at radius 1 is 1.34 bits per heavy atom. The van der Waals surface area contributed by atoms with Gasteiger partial charge in [0.25, 0.3) is 0 Å². The van der Waals surface area contributed by atoms with E-state index in [-0.39, 0.29) is 11.3 Å². The highest BCUT2D eigenvalue weighted by atomic mass is 32.2. The summed E-state index contributed by atoms with van der Waals surface area (Å²) in [5.74, 6) is -1.92. The molecule has 0 spiro atoms. The molecule has 0 amide bonds. The van der Waals surface area contributed by atoms with E-state index in [1.54, 1.807) is 6.20 Å².